The van der Waals surface area contributed by atoms with E-state index < -0.39 is 5.41 Å². The van der Waals surface area contributed by atoms with Crippen molar-refractivity contribution >= 4 is 18.2 Å². The number of carbonyl (C=O) groups excluding carboxylic acids is 1. The van der Waals surface area contributed by atoms with Crippen LogP contribution < -0.4 is 0 Å². The molecule has 0 amide bonds. The molecular weight excluding hydrogens is 378 g/mol. The van der Waals surface area contributed by atoms with Gasteiger partial charge in [0.2, 0.25) is 0 Å². The van der Waals surface area contributed by atoms with Crippen LogP contribution in [-0.4, -0.2) is 30.8 Å². The van der Waals surface area contributed by atoms with Crippen molar-refractivity contribution in [3.05, 3.63) is 108 Å². The van der Waals surface area contributed by atoms with Crippen molar-refractivity contribution in [2.24, 2.45) is 0 Å². The van der Waals surface area contributed by atoms with Crippen molar-refractivity contribution in [2.45, 2.75) is 31.2 Å². The van der Waals surface area contributed by atoms with Gasteiger partial charge >= 0.3 is 0 Å². The molecule has 0 fully saturated rings. The summed E-state index contributed by atoms with van der Waals surface area (Å²) in [6, 6.07) is 30.8. The van der Waals surface area contributed by atoms with Crippen LogP contribution in [0.4, 0.5) is 0 Å². The van der Waals surface area contributed by atoms with E-state index in [0.29, 0.717) is 6.42 Å². The fourth-order valence-corrected chi connectivity index (χ4v) is 3.84. The molecule has 3 rings (SSSR count). The second-order valence-electron chi connectivity index (χ2n) is 7.74. The SMILES string of the molecule is CC(CC(C(=O)Cc1ccccc1)(c1ccccc1)c1ccccc1)N(C)C.Cl. The van der Waals surface area contributed by atoms with Gasteiger partial charge in [-0.25, -0.2) is 0 Å². The summed E-state index contributed by atoms with van der Waals surface area (Å²) in [4.78, 5) is 16.2. The second-order valence-corrected chi connectivity index (χ2v) is 7.74. The van der Waals surface area contributed by atoms with Crippen LogP contribution in [0.15, 0.2) is 91.0 Å². The van der Waals surface area contributed by atoms with Gasteiger partial charge in [-0.1, -0.05) is 91.0 Å². The monoisotopic (exact) mass is 407 g/mol. The zero-order valence-electron chi connectivity index (χ0n) is 17.4. The van der Waals surface area contributed by atoms with Crippen molar-refractivity contribution in [3.63, 3.8) is 0 Å². The van der Waals surface area contributed by atoms with E-state index >= 15 is 0 Å². The summed E-state index contributed by atoms with van der Waals surface area (Å²) < 4.78 is 0. The molecule has 0 N–H and O–H groups in total. The van der Waals surface area contributed by atoms with Gasteiger partial charge in [0.05, 0.1) is 5.41 Å². The Morgan fingerprint density at radius 3 is 1.62 bits per heavy atom. The topological polar surface area (TPSA) is 20.3 Å². The van der Waals surface area contributed by atoms with Crippen LogP contribution >= 0.6 is 12.4 Å². The van der Waals surface area contributed by atoms with Crippen LogP contribution in [0.2, 0.25) is 0 Å². The third-order valence-corrected chi connectivity index (χ3v) is 5.70. The molecule has 3 heteroatoms. The molecule has 0 heterocycles. The zero-order chi connectivity index (χ0) is 20.0. The summed E-state index contributed by atoms with van der Waals surface area (Å²) in [6.07, 6.45) is 1.16. The van der Waals surface area contributed by atoms with Gasteiger partial charge in [0, 0.05) is 12.5 Å². The second kappa shape index (κ2) is 10.4. The number of ketones is 1. The van der Waals surface area contributed by atoms with Gasteiger partial charge in [-0.15, -0.1) is 12.4 Å². The van der Waals surface area contributed by atoms with Crippen molar-refractivity contribution in [3.8, 4) is 0 Å². The lowest BCUT2D eigenvalue weighted by molar-refractivity contribution is -0.123. The van der Waals surface area contributed by atoms with Crippen LogP contribution in [0, 0.1) is 0 Å². The molecule has 29 heavy (non-hydrogen) atoms. The first kappa shape index (κ1) is 22.9. The lowest BCUT2D eigenvalue weighted by Gasteiger charge is -2.38. The minimum Gasteiger partial charge on any atom is -0.307 e. The normalized spacial score (nSPS) is 12.3. The molecule has 0 spiro atoms. The highest BCUT2D eigenvalue weighted by Gasteiger charge is 2.42. The Labute approximate surface area is 181 Å². The van der Waals surface area contributed by atoms with E-state index in [1.54, 1.807) is 0 Å². The van der Waals surface area contributed by atoms with E-state index in [2.05, 4.69) is 50.2 Å². The minimum absolute atomic E-state index is 0. The molecule has 0 aliphatic heterocycles. The van der Waals surface area contributed by atoms with Crippen LogP contribution in [0.5, 0.6) is 0 Å². The third-order valence-electron chi connectivity index (χ3n) is 5.70. The molecule has 0 aliphatic rings. The fraction of sp³-hybridized carbons (Fsp3) is 0.269. The van der Waals surface area contributed by atoms with E-state index in [1.807, 2.05) is 66.7 Å². The maximum atomic E-state index is 14.0. The quantitative estimate of drug-likeness (QED) is 0.488. The Bertz CT molecular complexity index is 839. The van der Waals surface area contributed by atoms with Crippen LogP contribution in [0.1, 0.15) is 30.0 Å². The Morgan fingerprint density at radius 2 is 1.21 bits per heavy atom. The molecule has 0 bridgehead atoms. The van der Waals surface area contributed by atoms with E-state index in [4.69, 9.17) is 0 Å². The maximum Gasteiger partial charge on any atom is 0.152 e. The number of benzene rings is 3. The van der Waals surface area contributed by atoms with Crippen molar-refractivity contribution in [1.82, 2.24) is 4.90 Å². The average Bonchev–Trinajstić information content (AvgIpc) is 2.73. The van der Waals surface area contributed by atoms with E-state index in [1.165, 1.54) is 0 Å². The van der Waals surface area contributed by atoms with Gasteiger partial charge in [0.1, 0.15) is 0 Å². The van der Waals surface area contributed by atoms with Gasteiger partial charge in [-0.2, -0.15) is 0 Å². The molecule has 152 valence electrons. The standard InChI is InChI=1S/C26H29NO.ClH/c1-21(27(2)3)20-26(23-15-9-5-10-16-23,24-17-11-6-12-18-24)25(28)19-22-13-7-4-8-14-22;/h4-18,21H,19-20H2,1-3H3;1H. The molecule has 3 aromatic carbocycles. The highest BCUT2D eigenvalue weighted by Crippen LogP contribution is 2.39. The lowest BCUT2D eigenvalue weighted by atomic mass is 9.66. The van der Waals surface area contributed by atoms with Gasteiger partial charge in [-0.3, -0.25) is 4.79 Å². The molecule has 0 aliphatic carbocycles. The minimum atomic E-state index is -0.679. The molecule has 3 aromatic rings. The van der Waals surface area contributed by atoms with Crippen molar-refractivity contribution in [2.75, 3.05) is 14.1 Å². The Morgan fingerprint density at radius 1 is 0.793 bits per heavy atom. The molecule has 1 atom stereocenters. The van der Waals surface area contributed by atoms with Gasteiger partial charge in [0.25, 0.3) is 0 Å². The summed E-state index contributed by atoms with van der Waals surface area (Å²) >= 11 is 0. The smallest absolute Gasteiger partial charge is 0.152 e. The predicted octanol–water partition coefficient (Wildman–Crippen LogP) is 5.55. The summed E-state index contributed by atoms with van der Waals surface area (Å²) in [5.74, 6) is 0.241. The predicted molar refractivity (Wildman–Crippen MR) is 124 cm³/mol. The van der Waals surface area contributed by atoms with E-state index in [9.17, 15) is 4.79 Å². The van der Waals surface area contributed by atoms with Gasteiger partial charge in [-0.05, 0) is 44.1 Å². The summed E-state index contributed by atoms with van der Waals surface area (Å²) in [5, 5.41) is 0. The van der Waals surface area contributed by atoms with Crippen LogP contribution in [-0.2, 0) is 16.6 Å². The van der Waals surface area contributed by atoms with Gasteiger partial charge < -0.3 is 4.90 Å². The Kier molecular flexibility index (Phi) is 8.19. The number of halogens is 1. The highest BCUT2D eigenvalue weighted by atomic mass is 35.5. The zero-order valence-corrected chi connectivity index (χ0v) is 18.2. The number of nitrogens with zero attached hydrogens (tertiary/aromatic N) is 1. The number of carbonyl (C=O) groups is 1. The molecular formula is C26H30ClNO. The van der Waals surface area contributed by atoms with Crippen LogP contribution in [0.3, 0.4) is 0 Å². The molecule has 0 saturated carbocycles. The molecule has 2 nitrogen and oxygen atoms in total. The fourth-order valence-electron chi connectivity index (χ4n) is 3.84. The first-order valence-corrected chi connectivity index (χ1v) is 9.89. The van der Waals surface area contributed by atoms with Crippen molar-refractivity contribution < 1.29 is 4.79 Å². The first-order valence-electron chi connectivity index (χ1n) is 9.89. The third kappa shape index (κ3) is 5.14. The van der Waals surface area contributed by atoms with Gasteiger partial charge in [0.15, 0.2) is 5.78 Å². The summed E-state index contributed by atoms with van der Waals surface area (Å²) in [5.41, 5.74) is 2.51. The Hall–Kier alpha value is -2.42. The van der Waals surface area contributed by atoms with E-state index in [-0.39, 0.29) is 24.2 Å². The maximum absolute atomic E-state index is 14.0. The lowest BCUT2D eigenvalue weighted by Crippen LogP contribution is -2.44. The number of Topliss-reactive ketones (excluding diaryl/α,β-unsaturated/α-hetero) is 1. The molecule has 0 aromatic heterocycles. The average molecular weight is 408 g/mol. The van der Waals surface area contributed by atoms with Crippen molar-refractivity contribution in [1.29, 1.82) is 0 Å². The highest BCUT2D eigenvalue weighted by molar-refractivity contribution is 5.95. The number of rotatable bonds is 8. The number of hydrogen-bond acceptors (Lipinski definition) is 2. The molecule has 0 radical (unpaired) electrons. The summed E-state index contributed by atoms with van der Waals surface area (Å²) in [7, 11) is 4.15. The first-order chi connectivity index (χ1) is 13.5. The molecule has 1 unspecified atom stereocenters. The van der Waals surface area contributed by atoms with Crippen LogP contribution in [0.25, 0.3) is 0 Å². The number of hydrogen-bond donors (Lipinski definition) is 0. The largest absolute Gasteiger partial charge is 0.307 e. The summed E-state index contributed by atoms with van der Waals surface area (Å²) in [6.45, 7) is 2.19. The Balaban J connectivity index is 0.00000300. The molecule has 0 saturated heterocycles. The van der Waals surface area contributed by atoms with E-state index in [0.717, 1.165) is 23.1 Å².